The minimum absolute atomic E-state index is 0.203. The fourth-order valence-electron chi connectivity index (χ4n) is 3.41. The number of rotatable bonds is 6. The number of benzene rings is 2. The van der Waals surface area contributed by atoms with Crippen molar-refractivity contribution in [3.8, 4) is 0 Å². The molecular weight excluding hydrogens is 438 g/mol. The summed E-state index contributed by atoms with van der Waals surface area (Å²) >= 11 is 0. The van der Waals surface area contributed by atoms with E-state index in [1.807, 2.05) is 0 Å². The Balaban J connectivity index is 1.44. The Morgan fingerprint density at radius 3 is 2.30 bits per heavy atom. The lowest BCUT2D eigenvalue weighted by atomic mass is 9.96. The third-order valence-corrected chi connectivity index (χ3v) is 5.21. The fraction of sp³-hybridized carbons (Fsp3) is 0.304. The first-order valence-electron chi connectivity index (χ1n) is 10.2. The van der Waals surface area contributed by atoms with Crippen molar-refractivity contribution in [2.45, 2.75) is 12.8 Å². The molecule has 8 nitrogen and oxygen atoms in total. The monoisotopic (exact) mass is 460 g/mol. The van der Waals surface area contributed by atoms with E-state index >= 15 is 0 Å². The van der Waals surface area contributed by atoms with Gasteiger partial charge in [-0.15, -0.1) is 0 Å². The van der Waals surface area contributed by atoms with E-state index in [-0.39, 0.29) is 18.7 Å². The molecule has 2 aromatic rings. The Kier molecular flexibility index (Phi) is 7.70. The van der Waals surface area contributed by atoms with Crippen molar-refractivity contribution < 1.29 is 37.4 Å². The predicted octanol–water partition coefficient (Wildman–Crippen LogP) is 2.79. The van der Waals surface area contributed by atoms with Gasteiger partial charge < -0.3 is 19.7 Å². The maximum Gasteiger partial charge on any atom is 0.337 e. The molecule has 0 aromatic heterocycles. The van der Waals surface area contributed by atoms with E-state index in [0.29, 0.717) is 30.2 Å². The number of carbonyl (C=O) groups is 4. The zero-order chi connectivity index (χ0) is 24.0. The summed E-state index contributed by atoms with van der Waals surface area (Å²) in [6, 6.07) is 8.76. The van der Waals surface area contributed by atoms with E-state index in [0.717, 1.165) is 12.1 Å². The predicted molar refractivity (Wildman–Crippen MR) is 112 cm³/mol. The first-order chi connectivity index (χ1) is 15.8. The van der Waals surface area contributed by atoms with Crippen molar-refractivity contribution in [2.24, 2.45) is 5.92 Å². The van der Waals surface area contributed by atoms with Gasteiger partial charge in [0.15, 0.2) is 6.61 Å². The summed E-state index contributed by atoms with van der Waals surface area (Å²) in [5, 5.41) is 2.55. The molecular formula is C23H22F2N2O6. The highest BCUT2D eigenvalue weighted by Crippen LogP contribution is 2.21. The molecule has 0 bridgehead atoms. The molecule has 0 radical (unpaired) electrons. The molecule has 2 amide bonds. The Morgan fingerprint density at radius 2 is 1.70 bits per heavy atom. The number of piperidine rings is 1. The quantitative estimate of drug-likeness (QED) is 0.666. The molecule has 0 unspecified atom stereocenters. The lowest BCUT2D eigenvalue weighted by Crippen LogP contribution is -2.41. The molecule has 1 heterocycles. The van der Waals surface area contributed by atoms with Gasteiger partial charge in [-0.25, -0.2) is 13.6 Å². The van der Waals surface area contributed by atoms with Crippen LogP contribution in [0.25, 0.3) is 0 Å². The lowest BCUT2D eigenvalue weighted by molar-refractivity contribution is -0.152. The number of amides is 2. The maximum atomic E-state index is 13.8. The van der Waals surface area contributed by atoms with Crippen molar-refractivity contribution in [3.05, 3.63) is 65.2 Å². The van der Waals surface area contributed by atoms with Crippen LogP contribution in [-0.4, -0.2) is 55.5 Å². The molecule has 174 valence electrons. The van der Waals surface area contributed by atoms with Crippen molar-refractivity contribution in [2.75, 3.05) is 32.1 Å². The summed E-state index contributed by atoms with van der Waals surface area (Å²) in [7, 11) is 1.26. The molecule has 10 heteroatoms. The standard InChI is InChI=1S/C23H22F2N2O6/c1-32-22(30)14-2-5-17(6-3-14)26-20(28)13-33-23(31)15-8-10-27(11-9-15)21(29)18-7-4-16(24)12-19(18)25/h2-7,12,15H,8-11,13H2,1H3,(H,26,28). The van der Waals surface area contributed by atoms with Crippen LogP contribution in [0.3, 0.4) is 0 Å². The molecule has 0 aliphatic carbocycles. The Morgan fingerprint density at radius 1 is 1.03 bits per heavy atom. The number of carbonyl (C=O) groups excluding carboxylic acids is 4. The van der Waals surface area contributed by atoms with Crippen LogP contribution in [0.5, 0.6) is 0 Å². The zero-order valence-corrected chi connectivity index (χ0v) is 17.8. The van der Waals surface area contributed by atoms with Gasteiger partial charge in [0.2, 0.25) is 0 Å². The number of esters is 2. The number of hydrogen-bond acceptors (Lipinski definition) is 6. The molecule has 1 fully saturated rings. The lowest BCUT2D eigenvalue weighted by Gasteiger charge is -2.31. The Hall–Kier alpha value is -3.82. The van der Waals surface area contributed by atoms with Crippen LogP contribution in [0.4, 0.5) is 14.5 Å². The number of methoxy groups -OCH3 is 1. The minimum Gasteiger partial charge on any atom is -0.465 e. The molecule has 3 rings (SSSR count). The Bertz CT molecular complexity index is 1050. The fourth-order valence-corrected chi connectivity index (χ4v) is 3.41. The highest BCUT2D eigenvalue weighted by molar-refractivity contribution is 5.95. The summed E-state index contributed by atoms with van der Waals surface area (Å²) in [6.45, 7) is -0.0835. The number of nitrogens with zero attached hydrogens (tertiary/aromatic N) is 1. The SMILES string of the molecule is COC(=O)c1ccc(NC(=O)COC(=O)C2CCN(C(=O)c3ccc(F)cc3F)CC2)cc1. The van der Waals surface area contributed by atoms with E-state index in [2.05, 4.69) is 10.1 Å². The van der Waals surface area contributed by atoms with Gasteiger partial charge in [0, 0.05) is 24.8 Å². The second-order valence-electron chi connectivity index (χ2n) is 7.42. The Labute approximate surface area is 188 Å². The van der Waals surface area contributed by atoms with Gasteiger partial charge in [-0.3, -0.25) is 14.4 Å². The first kappa shape index (κ1) is 23.8. The zero-order valence-electron chi connectivity index (χ0n) is 17.8. The van der Waals surface area contributed by atoms with E-state index in [4.69, 9.17) is 4.74 Å². The van der Waals surface area contributed by atoms with Crippen LogP contribution in [0.2, 0.25) is 0 Å². The topological polar surface area (TPSA) is 102 Å². The number of nitrogens with one attached hydrogen (secondary N) is 1. The summed E-state index contributed by atoms with van der Waals surface area (Å²) in [5.41, 5.74) is 0.520. The van der Waals surface area contributed by atoms with Crippen LogP contribution < -0.4 is 5.32 Å². The maximum absolute atomic E-state index is 13.8. The second kappa shape index (κ2) is 10.7. The molecule has 1 N–H and O–H groups in total. The van der Waals surface area contributed by atoms with Crippen LogP contribution in [-0.2, 0) is 19.1 Å². The second-order valence-corrected chi connectivity index (χ2v) is 7.42. The molecule has 0 atom stereocenters. The van der Waals surface area contributed by atoms with Crippen LogP contribution >= 0.6 is 0 Å². The van der Waals surface area contributed by atoms with Gasteiger partial charge >= 0.3 is 11.9 Å². The van der Waals surface area contributed by atoms with Gasteiger partial charge in [-0.1, -0.05) is 0 Å². The largest absolute Gasteiger partial charge is 0.465 e. The summed E-state index contributed by atoms with van der Waals surface area (Å²) in [6.07, 6.45) is 0.591. The summed E-state index contributed by atoms with van der Waals surface area (Å²) in [5.74, 6) is -4.39. The summed E-state index contributed by atoms with van der Waals surface area (Å²) < 4.78 is 36.6. The molecule has 1 aliphatic rings. The average Bonchev–Trinajstić information content (AvgIpc) is 2.82. The van der Waals surface area contributed by atoms with Gasteiger partial charge in [0.05, 0.1) is 24.2 Å². The van der Waals surface area contributed by atoms with Crippen LogP contribution in [0.15, 0.2) is 42.5 Å². The molecule has 33 heavy (non-hydrogen) atoms. The normalized spacial score (nSPS) is 13.8. The highest BCUT2D eigenvalue weighted by atomic mass is 19.1. The van der Waals surface area contributed by atoms with Crippen LogP contribution in [0.1, 0.15) is 33.6 Å². The average molecular weight is 460 g/mol. The van der Waals surface area contributed by atoms with Gasteiger partial charge in [0.1, 0.15) is 11.6 Å². The molecule has 2 aromatic carbocycles. The molecule has 0 saturated carbocycles. The smallest absolute Gasteiger partial charge is 0.337 e. The molecule has 0 spiro atoms. The molecule has 1 saturated heterocycles. The van der Waals surface area contributed by atoms with Crippen molar-refractivity contribution in [1.82, 2.24) is 4.90 Å². The van der Waals surface area contributed by atoms with Crippen molar-refractivity contribution in [3.63, 3.8) is 0 Å². The van der Waals surface area contributed by atoms with Gasteiger partial charge in [-0.05, 0) is 49.2 Å². The number of halogens is 2. The van der Waals surface area contributed by atoms with Gasteiger partial charge in [0.25, 0.3) is 11.8 Å². The van der Waals surface area contributed by atoms with E-state index in [1.165, 1.54) is 36.3 Å². The number of ether oxygens (including phenoxy) is 2. The third kappa shape index (κ3) is 6.12. The van der Waals surface area contributed by atoms with Crippen molar-refractivity contribution >= 4 is 29.4 Å². The highest BCUT2D eigenvalue weighted by Gasteiger charge is 2.30. The third-order valence-electron chi connectivity index (χ3n) is 5.21. The van der Waals surface area contributed by atoms with Crippen LogP contribution in [0, 0.1) is 17.6 Å². The number of likely N-dealkylation sites (tertiary alicyclic amines) is 1. The van der Waals surface area contributed by atoms with Crippen molar-refractivity contribution in [1.29, 1.82) is 0 Å². The van der Waals surface area contributed by atoms with E-state index in [9.17, 15) is 28.0 Å². The minimum atomic E-state index is -0.938. The van der Waals surface area contributed by atoms with E-state index in [1.54, 1.807) is 0 Å². The molecule has 1 aliphatic heterocycles. The number of anilines is 1. The summed E-state index contributed by atoms with van der Waals surface area (Å²) in [4.78, 5) is 49.6. The van der Waals surface area contributed by atoms with E-state index < -0.39 is 47.9 Å². The number of hydrogen-bond donors (Lipinski definition) is 1. The van der Waals surface area contributed by atoms with Gasteiger partial charge in [-0.2, -0.15) is 0 Å². The first-order valence-corrected chi connectivity index (χ1v) is 10.2.